The van der Waals surface area contributed by atoms with Crippen molar-refractivity contribution in [3.05, 3.63) is 69.8 Å². The van der Waals surface area contributed by atoms with Gasteiger partial charge in [0.15, 0.2) is 11.3 Å². The van der Waals surface area contributed by atoms with Crippen LogP contribution in [-0.4, -0.2) is 85.0 Å². The minimum Gasteiger partial charge on any atom is -0.481 e. The van der Waals surface area contributed by atoms with Gasteiger partial charge in [-0.15, -0.1) is 0 Å². The number of aromatic amines is 1. The highest BCUT2D eigenvalue weighted by Crippen LogP contribution is 2.28. The zero-order chi connectivity index (χ0) is 32.8. The quantitative estimate of drug-likeness (QED) is 0.155. The first kappa shape index (κ1) is 33.4. The predicted molar refractivity (Wildman–Crippen MR) is 159 cm³/mol. The van der Waals surface area contributed by atoms with Crippen molar-refractivity contribution in [2.75, 3.05) is 18.5 Å². The molecule has 0 aliphatic heterocycles. The Morgan fingerprint density at radius 1 is 1.02 bits per heavy atom. The summed E-state index contributed by atoms with van der Waals surface area (Å²) < 4.78 is 0. The minimum atomic E-state index is -2.57. The number of aromatic nitrogens is 2. The number of ketones is 1. The van der Waals surface area contributed by atoms with E-state index in [-0.39, 0.29) is 11.1 Å². The van der Waals surface area contributed by atoms with Gasteiger partial charge in [0.1, 0.15) is 11.9 Å². The molecular weight excluding hydrogens is 574 g/mol. The molecule has 2 aromatic carbocycles. The van der Waals surface area contributed by atoms with Crippen molar-refractivity contribution in [1.82, 2.24) is 14.9 Å². The number of nitrogens with two attached hydrogens (primary N) is 1. The van der Waals surface area contributed by atoms with Crippen LogP contribution >= 0.6 is 0 Å². The smallest absolute Gasteiger partial charge is 0.337 e. The van der Waals surface area contributed by atoms with E-state index in [1.54, 1.807) is 31.2 Å². The molecule has 0 fully saturated rings. The van der Waals surface area contributed by atoms with E-state index in [9.17, 15) is 39.0 Å². The van der Waals surface area contributed by atoms with Gasteiger partial charge >= 0.3 is 17.9 Å². The second-order valence-corrected chi connectivity index (χ2v) is 10.4. The Kier molecular flexibility index (Phi) is 10.6. The number of fused-ring (bicyclic) bond motifs is 1. The Morgan fingerprint density at radius 2 is 1.68 bits per heavy atom. The molecule has 0 saturated heterocycles. The zero-order valence-corrected chi connectivity index (χ0v) is 24.6. The number of nitrogens with one attached hydrogen (secondary N) is 1. The van der Waals surface area contributed by atoms with E-state index >= 15 is 0 Å². The van der Waals surface area contributed by atoms with E-state index < -0.39 is 66.9 Å². The van der Waals surface area contributed by atoms with Crippen LogP contribution in [0.1, 0.15) is 54.4 Å². The fourth-order valence-electron chi connectivity index (χ4n) is 4.96. The number of rotatable bonds is 15. The van der Waals surface area contributed by atoms with E-state index in [1.807, 2.05) is 17.9 Å². The maximum Gasteiger partial charge on any atom is 0.337 e. The number of nitrogens with zero attached hydrogens (tertiary/aromatic N) is 3. The number of hydrogen-bond acceptors (Lipinski definition) is 9. The molecule has 14 heteroatoms. The Morgan fingerprint density at radius 3 is 2.25 bits per heavy atom. The van der Waals surface area contributed by atoms with E-state index in [0.29, 0.717) is 34.7 Å². The van der Waals surface area contributed by atoms with Crippen LogP contribution in [-0.2, 0) is 25.7 Å². The van der Waals surface area contributed by atoms with Crippen LogP contribution in [0.2, 0.25) is 0 Å². The number of hydrogen-bond donors (Lipinski definition) is 5. The highest BCUT2D eigenvalue weighted by molar-refractivity contribution is 6.12. The molecule has 1 aromatic heterocycles. The van der Waals surface area contributed by atoms with Gasteiger partial charge in [0.05, 0.1) is 10.9 Å². The Bertz CT molecular complexity index is 1640. The summed E-state index contributed by atoms with van der Waals surface area (Å²) in [7, 11) is 1.09. The number of aliphatic carboxylic acids is 3. The molecule has 6 N–H and O–H groups in total. The van der Waals surface area contributed by atoms with Crippen LogP contribution in [0.25, 0.3) is 10.9 Å². The van der Waals surface area contributed by atoms with Gasteiger partial charge in [0.2, 0.25) is 0 Å². The average Bonchev–Trinajstić information content (AvgIpc) is 2.98. The first-order valence-electron chi connectivity index (χ1n) is 13.8. The van der Waals surface area contributed by atoms with Gasteiger partial charge in [-0.2, -0.15) is 0 Å². The predicted octanol–water partition coefficient (Wildman–Crippen LogP) is 1.78. The normalized spacial score (nSPS) is 13.1. The van der Waals surface area contributed by atoms with Gasteiger partial charge in [-0.3, -0.25) is 24.0 Å². The first-order valence-corrected chi connectivity index (χ1v) is 13.8. The Labute approximate surface area is 252 Å². The van der Waals surface area contributed by atoms with E-state index in [0.717, 1.165) is 18.3 Å². The number of aryl methyl sites for hydroxylation is 1. The fourth-order valence-corrected chi connectivity index (χ4v) is 4.96. The zero-order valence-electron chi connectivity index (χ0n) is 24.6. The van der Waals surface area contributed by atoms with Crippen LogP contribution < -0.4 is 16.2 Å². The number of H-pyrrole nitrogens is 1. The number of Topliss-reactive ketones (excluding diaryl/α,β-unsaturated/α-hetero) is 1. The van der Waals surface area contributed by atoms with Crippen LogP contribution in [0.3, 0.4) is 0 Å². The van der Waals surface area contributed by atoms with Crippen LogP contribution in [0.5, 0.6) is 0 Å². The van der Waals surface area contributed by atoms with Crippen molar-refractivity contribution in [2.24, 2.45) is 5.73 Å². The summed E-state index contributed by atoms with van der Waals surface area (Å²) in [6, 6.07) is 10.2. The standard InChI is InChI=1S/C30H35N5O9/c1-4-35(16-18-5-11-23-21(15-18)26(39)33-17(2)32-23)20-8-6-19(7-9-20)27(40)34(3)30(29(43)44,14-13-25(37)38)24(36)12-10-22(31)28(41)42/h5-9,11,15,22H,4,10,12-14,16,31H2,1-3H3,(H,37,38)(H,41,42)(H,43,44)(H,32,33,39)/t22-,30+/m0/s1. The molecule has 1 heterocycles. The summed E-state index contributed by atoms with van der Waals surface area (Å²) in [5.74, 6) is -5.88. The molecule has 0 aliphatic rings. The molecular formula is C30H35N5O9. The number of carboxylic acid groups (broad SMARTS) is 3. The molecule has 234 valence electrons. The second-order valence-electron chi connectivity index (χ2n) is 10.4. The van der Waals surface area contributed by atoms with Crippen LogP contribution in [0.4, 0.5) is 5.69 Å². The van der Waals surface area contributed by atoms with Crippen LogP contribution in [0, 0.1) is 6.92 Å². The third-order valence-corrected chi connectivity index (χ3v) is 7.52. The summed E-state index contributed by atoms with van der Waals surface area (Å²) in [6.07, 6.45) is -2.47. The molecule has 1 amide bonds. The second kappa shape index (κ2) is 13.9. The fraction of sp³-hybridized carbons (Fsp3) is 0.367. The molecule has 0 unspecified atom stereocenters. The number of likely N-dealkylation sites (N-methyl/N-ethyl adjacent to an activating group) is 1. The summed E-state index contributed by atoms with van der Waals surface area (Å²) in [6.45, 7) is 4.63. The maximum atomic E-state index is 13.5. The molecule has 0 bridgehead atoms. The lowest BCUT2D eigenvalue weighted by atomic mass is 9.83. The highest BCUT2D eigenvalue weighted by atomic mass is 16.4. The third-order valence-electron chi connectivity index (χ3n) is 7.52. The number of carbonyl (C=O) groups excluding carboxylic acids is 2. The molecule has 14 nitrogen and oxygen atoms in total. The number of carboxylic acids is 3. The van der Waals surface area contributed by atoms with Gasteiger partial charge < -0.3 is 35.8 Å². The number of carbonyl (C=O) groups is 5. The van der Waals surface area contributed by atoms with Crippen molar-refractivity contribution in [1.29, 1.82) is 0 Å². The van der Waals surface area contributed by atoms with Crippen molar-refractivity contribution in [2.45, 2.75) is 57.7 Å². The molecule has 44 heavy (non-hydrogen) atoms. The lowest BCUT2D eigenvalue weighted by Gasteiger charge is -2.37. The molecule has 0 spiro atoms. The van der Waals surface area contributed by atoms with Crippen molar-refractivity contribution in [3.63, 3.8) is 0 Å². The number of benzene rings is 2. The molecule has 0 saturated carbocycles. The SMILES string of the molecule is CCN(Cc1ccc2nc(C)[nH]c(=O)c2c1)c1ccc(C(=O)N(C)[C@@](CCC(=O)O)(C(=O)O)C(=O)CC[C@H](N)C(=O)O)cc1. The molecule has 0 aliphatic carbocycles. The van der Waals surface area contributed by atoms with E-state index in [4.69, 9.17) is 10.8 Å². The first-order chi connectivity index (χ1) is 20.7. The highest BCUT2D eigenvalue weighted by Gasteiger charge is 2.51. The Hall–Kier alpha value is -5.11. The molecule has 2 atom stereocenters. The monoisotopic (exact) mass is 609 g/mol. The van der Waals surface area contributed by atoms with Gasteiger partial charge in [-0.25, -0.2) is 9.78 Å². The molecule has 0 radical (unpaired) electrons. The average molecular weight is 610 g/mol. The summed E-state index contributed by atoms with van der Waals surface area (Å²) in [4.78, 5) is 83.8. The van der Waals surface area contributed by atoms with Gasteiger partial charge in [0, 0.05) is 44.2 Å². The number of amides is 1. The van der Waals surface area contributed by atoms with Gasteiger partial charge in [0.25, 0.3) is 11.5 Å². The van der Waals surface area contributed by atoms with Gasteiger partial charge in [-0.05, 0) is 68.7 Å². The van der Waals surface area contributed by atoms with Crippen molar-refractivity contribution < 1.29 is 39.3 Å². The number of anilines is 1. The lowest BCUT2D eigenvalue weighted by Crippen LogP contribution is -2.61. The van der Waals surface area contributed by atoms with Gasteiger partial charge in [-0.1, -0.05) is 6.07 Å². The maximum absolute atomic E-state index is 13.5. The minimum absolute atomic E-state index is 0.0435. The summed E-state index contributed by atoms with van der Waals surface area (Å²) in [5, 5.41) is 28.9. The summed E-state index contributed by atoms with van der Waals surface area (Å²) in [5.41, 5.74) is 4.85. The van der Waals surface area contributed by atoms with Crippen molar-refractivity contribution >= 4 is 46.2 Å². The van der Waals surface area contributed by atoms with E-state index in [2.05, 4.69) is 9.97 Å². The van der Waals surface area contributed by atoms with Crippen molar-refractivity contribution in [3.8, 4) is 0 Å². The molecule has 3 rings (SSSR count). The third kappa shape index (κ3) is 7.26. The largest absolute Gasteiger partial charge is 0.481 e. The van der Waals surface area contributed by atoms with E-state index in [1.165, 1.54) is 12.1 Å². The molecule has 3 aromatic rings. The van der Waals surface area contributed by atoms with Crippen LogP contribution in [0.15, 0.2) is 47.3 Å². The Balaban J connectivity index is 1.87. The topological polar surface area (TPSA) is 224 Å². The summed E-state index contributed by atoms with van der Waals surface area (Å²) >= 11 is 0. The lowest BCUT2D eigenvalue weighted by molar-refractivity contribution is -0.156.